The van der Waals surface area contributed by atoms with Crippen molar-refractivity contribution in [2.45, 2.75) is 25.8 Å². The van der Waals surface area contributed by atoms with Crippen molar-refractivity contribution < 1.29 is 9.59 Å². The number of amides is 2. The average Bonchev–Trinajstić information content (AvgIpc) is 2.60. The summed E-state index contributed by atoms with van der Waals surface area (Å²) in [7, 11) is 3.49. The standard InChI is InChI=1S/C17H25N3O2/c1-13(17(22)19(3)15-7-5-4-6-8-15)20-11-9-14(10-12-20)16(21)18-2/h4-8,13-14H,9-12H2,1-3H3,(H,18,21). The van der Waals surface area contributed by atoms with Crippen LogP contribution >= 0.6 is 0 Å². The first-order chi connectivity index (χ1) is 10.5. The number of rotatable bonds is 4. The Labute approximate surface area is 132 Å². The maximum atomic E-state index is 12.6. The third-order valence-corrected chi connectivity index (χ3v) is 4.53. The van der Waals surface area contributed by atoms with Gasteiger partial charge >= 0.3 is 0 Å². The Hall–Kier alpha value is -1.88. The molecule has 22 heavy (non-hydrogen) atoms. The fourth-order valence-corrected chi connectivity index (χ4v) is 2.97. The molecular weight excluding hydrogens is 278 g/mol. The number of carbonyl (C=O) groups is 2. The van der Waals surface area contributed by atoms with E-state index in [1.165, 1.54) is 0 Å². The molecule has 120 valence electrons. The molecule has 0 spiro atoms. The van der Waals surface area contributed by atoms with Gasteiger partial charge in [0.2, 0.25) is 11.8 Å². The van der Waals surface area contributed by atoms with E-state index in [2.05, 4.69) is 10.2 Å². The number of benzene rings is 1. The number of hydrogen-bond donors (Lipinski definition) is 1. The van der Waals surface area contributed by atoms with Gasteiger partial charge in [0, 0.05) is 25.7 Å². The summed E-state index contributed by atoms with van der Waals surface area (Å²) in [6.45, 7) is 3.52. The molecule has 0 radical (unpaired) electrons. The van der Waals surface area contributed by atoms with E-state index >= 15 is 0 Å². The van der Waals surface area contributed by atoms with Gasteiger partial charge in [0.25, 0.3) is 0 Å². The zero-order valence-corrected chi connectivity index (χ0v) is 13.6. The predicted molar refractivity (Wildman–Crippen MR) is 87.7 cm³/mol. The second kappa shape index (κ2) is 7.40. The van der Waals surface area contributed by atoms with E-state index < -0.39 is 0 Å². The minimum absolute atomic E-state index is 0.0791. The lowest BCUT2D eigenvalue weighted by Gasteiger charge is -2.36. The fraction of sp³-hybridized carbons (Fsp3) is 0.529. The van der Waals surface area contributed by atoms with Crippen LogP contribution < -0.4 is 10.2 Å². The number of hydrogen-bond acceptors (Lipinski definition) is 3. The first kappa shape index (κ1) is 16.5. The first-order valence-corrected chi connectivity index (χ1v) is 7.83. The smallest absolute Gasteiger partial charge is 0.243 e. The lowest BCUT2D eigenvalue weighted by Crippen LogP contribution is -2.50. The van der Waals surface area contributed by atoms with Crippen molar-refractivity contribution in [3.05, 3.63) is 30.3 Å². The molecule has 1 aromatic rings. The van der Waals surface area contributed by atoms with Crippen molar-refractivity contribution in [1.82, 2.24) is 10.2 Å². The number of para-hydroxylation sites is 1. The summed E-state index contributed by atoms with van der Waals surface area (Å²) in [6, 6.07) is 9.49. The number of likely N-dealkylation sites (N-methyl/N-ethyl adjacent to an activating group) is 1. The molecule has 1 unspecified atom stereocenters. The van der Waals surface area contributed by atoms with Crippen LogP contribution in [0.25, 0.3) is 0 Å². The van der Waals surface area contributed by atoms with Gasteiger partial charge in [-0.05, 0) is 45.0 Å². The molecule has 0 aromatic heterocycles. The van der Waals surface area contributed by atoms with Crippen LogP contribution in [0.2, 0.25) is 0 Å². The largest absolute Gasteiger partial charge is 0.359 e. The Morgan fingerprint density at radius 1 is 1.23 bits per heavy atom. The second-order valence-electron chi connectivity index (χ2n) is 5.83. The van der Waals surface area contributed by atoms with Crippen molar-refractivity contribution in [2.75, 3.05) is 32.1 Å². The number of likely N-dealkylation sites (tertiary alicyclic amines) is 1. The molecule has 0 bridgehead atoms. The van der Waals surface area contributed by atoms with Gasteiger partial charge in [-0.2, -0.15) is 0 Å². The zero-order valence-electron chi connectivity index (χ0n) is 13.6. The molecule has 0 saturated carbocycles. The number of nitrogens with zero attached hydrogens (tertiary/aromatic N) is 2. The molecule has 2 rings (SSSR count). The Morgan fingerprint density at radius 2 is 1.82 bits per heavy atom. The van der Waals surface area contributed by atoms with Gasteiger partial charge in [-0.1, -0.05) is 18.2 Å². The van der Waals surface area contributed by atoms with Crippen molar-refractivity contribution in [3.8, 4) is 0 Å². The first-order valence-electron chi connectivity index (χ1n) is 7.83. The highest BCUT2D eigenvalue weighted by Crippen LogP contribution is 2.21. The molecule has 1 aromatic carbocycles. The number of piperidine rings is 1. The van der Waals surface area contributed by atoms with Crippen LogP contribution in [0.3, 0.4) is 0 Å². The van der Waals surface area contributed by atoms with Crippen LogP contribution in [-0.2, 0) is 9.59 Å². The lowest BCUT2D eigenvalue weighted by atomic mass is 9.95. The molecule has 1 heterocycles. The molecule has 0 aliphatic carbocycles. The average molecular weight is 303 g/mol. The van der Waals surface area contributed by atoms with E-state index in [4.69, 9.17) is 0 Å². The highest BCUT2D eigenvalue weighted by molar-refractivity contribution is 5.96. The zero-order chi connectivity index (χ0) is 16.1. The Morgan fingerprint density at radius 3 is 2.36 bits per heavy atom. The summed E-state index contributed by atoms with van der Waals surface area (Å²) in [5.41, 5.74) is 0.902. The van der Waals surface area contributed by atoms with E-state index in [-0.39, 0.29) is 23.8 Å². The van der Waals surface area contributed by atoms with Gasteiger partial charge in [-0.25, -0.2) is 0 Å². The van der Waals surface area contributed by atoms with Crippen molar-refractivity contribution in [3.63, 3.8) is 0 Å². The molecule has 1 aliphatic rings. The van der Waals surface area contributed by atoms with Crippen LogP contribution in [0.4, 0.5) is 5.69 Å². The molecule has 1 saturated heterocycles. The van der Waals surface area contributed by atoms with Gasteiger partial charge in [-0.3, -0.25) is 14.5 Å². The van der Waals surface area contributed by atoms with Crippen molar-refractivity contribution in [2.24, 2.45) is 5.92 Å². The lowest BCUT2D eigenvalue weighted by molar-refractivity contribution is -0.127. The summed E-state index contributed by atoms with van der Waals surface area (Å²) in [5, 5.41) is 2.71. The van der Waals surface area contributed by atoms with Crippen molar-refractivity contribution >= 4 is 17.5 Å². The Balaban J connectivity index is 1.93. The van der Waals surface area contributed by atoms with E-state index in [1.807, 2.05) is 44.3 Å². The molecule has 1 N–H and O–H groups in total. The van der Waals surface area contributed by atoms with E-state index in [9.17, 15) is 9.59 Å². The molecule has 2 amide bonds. The number of nitrogens with one attached hydrogen (secondary N) is 1. The van der Waals surface area contributed by atoms with Crippen LogP contribution in [0, 0.1) is 5.92 Å². The minimum Gasteiger partial charge on any atom is -0.359 e. The Kier molecular flexibility index (Phi) is 5.55. The summed E-state index contributed by atoms with van der Waals surface area (Å²) in [6.07, 6.45) is 1.62. The molecule has 5 nitrogen and oxygen atoms in total. The van der Waals surface area contributed by atoms with Crippen LogP contribution in [0.15, 0.2) is 30.3 Å². The maximum Gasteiger partial charge on any atom is 0.243 e. The van der Waals surface area contributed by atoms with E-state index in [0.29, 0.717) is 0 Å². The fourth-order valence-electron chi connectivity index (χ4n) is 2.97. The summed E-state index contributed by atoms with van der Waals surface area (Å²) in [5.74, 6) is 0.278. The maximum absolute atomic E-state index is 12.6. The van der Waals surface area contributed by atoms with Gasteiger partial charge in [-0.15, -0.1) is 0 Å². The topological polar surface area (TPSA) is 52.7 Å². The third kappa shape index (κ3) is 3.65. The predicted octanol–water partition coefficient (Wildman–Crippen LogP) is 1.50. The van der Waals surface area contributed by atoms with Gasteiger partial charge in [0.1, 0.15) is 0 Å². The number of anilines is 1. The highest BCUT2D eigenvalue weighted by Gasteiger charge is 2.30. The molecule has 1 fully saturated rings. The van der Waals surface area contributed by atoms with Crippen LogP contribution in [-0.4, -0.2) is 49.9 Å². The second-order valence-corrected chi connectivity index (χ2v) is 5.83. The summed E-state index contributed by atoms with van der Waals surface area (Å²) in [4.78, 5) is 28.2. The van der Waals surface area contributed by atoms with E-state index in [1.54, 1.807) is 11.9 Å². The minimum atomic E-state index is -0.171. The van der Waals surface area contributed by atoms with E-state index in [0.717, 1.165) is 31.6 Å². The van der Waals surface area contributed by atoms with Crippen LogP contribution in [0.5, 0.6) is 0 Å². The molecule has 5 heteroatoms. The third-order valence-electron chi connectivity index (χ3n) is 4.53. The van der Waals surface area contributed by atoms with Gasteiger partial charge in [0.05, 0.1) is 6.04 Å². The van der Waals surface area contributed by atoms with Gasteiger partial charge in [0.15, 0.2) is 0 Å². The quantitative estimate of drug-likeness (QED) is 0.917. The SMILES string of the molecule is CNC(=O)C1CCN(C(C)C(=O)N(C)c2ccccc2)CC1. The highest BCUT2D eigenvalue weighted by atomic mass is 16.2. The van der Waals surface area contributed by atoms with Crippen molar-refractivity contribution in [1.29, 1.82) is 0 Å². The molecule has 1 atom stereocenters. The monoisotopic (exact) mass is 303 g/mol. The summed E-state index contributed by atoms with van der Waals surface area (Å²) >= 11 is 0. The number of carbonyl (C=O) groups excluding carboxylic acids is 2. The summed E-state index contributed by atoms with van der Waals surface area (Å²) < 4.78 is 0. The van der Waals surface area contributed by atoms with Crippen LogP contribution in [0.1, 0.15) is 19.8 Å². The molecule has 1 aliphatic heterocycles. The Bertz CT molecular complexity index is 510. The molecular formula is C17H25N3O2. The normalized spacial score (nSPS) is 17.8. The van der Waals surface area contributed by atoms with Gasteiger partial charge < -0.3 is 10.2 Å².